The number of carbonyl (C=O) groups is 1. The summed E-state index contributed by atoms with van der Waals surface area (Å²) in [6, 6.07) is 8.12. The van der Waals surface area contributed by atoms with Crippen molar-refractivity contribution < 1.29 is 4.79 Å². The van der Waals surface area contributed by atoms with Gasteiger partial charge in [0.1, 0.15) is 11.6 Å². The standard InChI is InChI=1S/C28H31N7O/c1-17-6-7-30-27(35-8-4-3-5-9-35)26(17)19-10-18-12-25(31-15-23(18)24(29)11-19)33-28(36)22-13-21(22)20-14-32-34(2)16-20/h6-7,10-12,14-16,21-22H,3-5,8-9,13,29H2,1-2H3,(H,31,33,36)/t21-,22+/m1/s1. The molecule has 0 unspecified atom stereocenters. The second-order valence-corrected chi connectivity index (χ2v) is 10.1. The van der Waals surface area contributed by atoms with E-state index in [1.54, 1.807) is 10.9 Å². The van der Waals surface area contributed by atoms with Gasteiger partial charge in [0.15, 0.2) is 0 Å². The van der Waals surface area contributed by atoms with Gasteiger partial charge in [0, 0.05) is 61.3 Å². The maximum atomic E-state index is 12.9. The molecular formula is C28H31N7O. The molecule has 4 aromatic rings. The van der Waals surface area contributed by atoms with Gasteiger partial charge in [-0.2, -0.15) is 5.10 Å². The van der Waals surface area contributed by atoms with E-state index in [1.165, 1.54) is 24.8 Å². The number of amides is 1. The molecule has 36 heavy (non-hydrogen) atoms. The second-order valence-electron chi connectivity index (χ2n) is 10.1. The van der Waals surface area contributed by atoms with Gasteiger partial charge in [-0.25, -0.2) is 9.97 Å². The molecule has 1 aliphatic heterocycles. The number of benzene rings is 1. The minimum absolute atomic E-state index is 0.00434. The third kappa shape index (κ3) is 4.17. The molecule has 4 heterocycles. The number of hydrogen-bond acceptors (Lipinski definition) is 6. The first kappa shape index (κ1) is 22.5. The van der Waals surface area contributed by atoms with E-state index in [1.807, 2.05) is 37.8 Å². The van der Waals surface area contributed by atoms with E-state index >= 15 is 0 Å². The molecule has 1 aromatic carbocycles. The maximum absolute atomic E-state index is 12.9. The van der Waals surface area contributed by atoms with Crippen LogP contribution in [0, 0.1) is 12.8 Å². The fraction of sp³-hybridized carbons (Fsp3) is 0.357. The minimum atomic E-state index is -0.0479. The number of hydrogen-bond donors (Lipinski definition) is 2. The summed E-state index contributed by atoms with van der Waals surface area (Å²) in [6.45, 7) is 4.17. The van der Waals surface area contributed by atoms with Gasteiger partial charge < -0.3 is 16.0 Å². The fourth-order valence-corrected chi connectivity index (χ4v) is 5.45. The highest BCUT2D eigenvalue weighted by molar-refractivity contribution is 6.01. The molecule has 1 saturated carbocycles. The van der Waals surface area contributed by atoms with Crippen LogP contribution in [0.2, 0.25) is 0 Å². The van der Waals surface area contributed by atoms with Crippen molar-refractivity contribution in [3.8, 4) is 11.1 Å². The summed E-state index contributed by atoms with van der Waals surface area (Å²) in [6.07, 6.45) is 11.9. The molecule has 0 spiro atoms. The van der Waals surface area contributed by atoms with Crippen molar-refractivity contribution in [2.45, 2.75) is 38.5 Å². The van der Waals surface area contributed by atoms with E-state index in [4.69, 9.17) is 10.7 Å². The van der Waals surface area contributed by atoms with E-state index in [-0.39, 0.29) is 17.7 Å². The summed E-state index contributed by atoms with van der Waals surface area (Å²) >= 11 is 0. The van der Waals surface area contributed by atoms with Crippen molar-refractivity contribution in [1.29, 1.82) is 0 Å². The zero-order valence-corrected chi connectivity index (χ0v) is 20.7. The smallest absolute Gasteiger partial charge is 0.229 e. The van der Waals surface area contributed by atoms with E-state index in [2.05, 4.69) is 39.4 Å². The van der Waals surface area contributed by atoms with Crippen molar-refractivity contribution in [2.24, 2.45) is 13.0 Å². The molecule has 8 heteroatoms. The van der Waals surface area contributed by atoms with Crippen LogP contribution in [0.15, 0.2) is 49.1 Å². The third-order valence-corrected chi connectivity index (χ3v) is 7.48. The van der Waals surface area contributed by atoms with Crippen molar-refractivity contribution in [2.75, 3.05) is 29.0 Å². The number of anilines is 3. The molecule has 3 aromatic heterocycles. The zero-order chi connectivity index (χ0) is 24.8. The molecule has 6 rings (SSSR count). The summed E-state index contributed by atoms with van der Waals surface area (Å²) in [5.74, 6) is 1.73. The Morgan fingerprint density at radius 1 is 1.11 bits per heavy atom. The number of rotatable bonds is 5. The lowest BCUT2D eigenvalue weighted by Gasteiger charge is -2.30. The molecule has 0 bridgehead atoms. The predicted octanol–water partition coefficient (Wildman–Crippen LogP) is 4.65. The molecule has 1 saturated heterocycles. The van der Waals surface area contributed by atoms with Crippen LogP contribution in [0.3, 0.4) is 0 Å². The van der Waals surface area contributed by atoms with Gasteiger partial charge in [0.2, 0.25) is 5.91 Å². The van der Waals surface area contributed by atoms with Crippen molar-refractivity contribution in [3.63, 3.8) is 0 Å². The SMILES string of the molecule is Cc1ccnc(N2CCCCC2)c1-c1cc(N)c2cnc(NC(=O)[C@H]3C[C@@H]3c3cnn(C)c3)cc2c1. The number of aryl methyl sites for hydroxylation is 2. The topological polar surface area (TPSA) is 102 Å². The first-order valence-electron chi connectivity index (χ1n) is 12.7. The van der Waals surface area contributed by atoms with Crippen LogP contribution in [0.25, 0.3) is 21.9 Å². The number of nitrogens with zero attached hydrogens (tertiary/aromatic N) is 5. The Morgan fingerprint density at radius 3 is 2.72 bits per heavy atom. The van der Waals surface area contributed by atoms with E-state index in [9.17, 15) is 4.79 Å². The van der Waals surface area contributed by atoms with Gasteiger partial charge >= 0.3 is 0 Å². The van der Waals surface area contributed by atoms with Gasteiger partial charge in [-0.15, -0.1) is 0 Å². The number of carbonyl (C=O) groups excluding carboxylic acids is 1. The van der Waals surface area contributed by atoms with Crippen molar-refractivity contribution in [1.82, 2.24) is 19.7 Å². The summed E-state index contributed by atoms with van der Waals surface area (Å²) in [4.78, 5) is 24.5. The average Bonchev–Trinajstić information content (AvgIpc) is 3.57. The molecule has 2 aliphatic rings. The lowest BCUT2D eigenvalue weighted by atomic mass is 9.97. The quantitative estimate of drug-likeness (QED) is 0.402. The van der Waals surface area contributed by atoms with Crippen LogP contribution < -0.4 is 16.0 Å². The summed E-state index contributed by atoms with van der Waals surface area (Å²) in [5, 5.41) is 9.06. The summed E-state index contributed by atoms with van der Waals surface area (Å²) < 4.78 is 1.77. The zero-order valence-electron chi connectivity index (χ0n) is 20.7. The lowest BCUT2D eigenvalue weighted by Crippen LogP contribution is -2.30. The molecule has 1 amide bonds. The predicted molar refractivity (Wildman–Crippen MR) is 143 cm³/mol. The lowest BCUT2D eigenvalue weighted by molar-refractivity contribution is -0.117. The van der Waals surface area contributed by atoms with Gasteiger partial charge in [0.05, 0.1) is 6.20 Å². The number of aromatic nitrogens is 4. The highest BCUT2D eigenvalue weighted by Crippen LogP contribution is 2.48. The van der Waals surface area contributed by atoms with Crippen LogP contribution in [0.5, 0.6) is 0 Å². The largest absolute Gasteiger partial charge is 0.398 e. The molecule has 0 radical (unpaired) electrons. The molecule has 2 atom stereocenters. The first-order chi connectivity index (χ1) is 17.5. The van der Waals surface area contributed by atoms with Gasteiger partial charge in [-0.05, 0) is 84.9 Å². The average molecular weight is 482 g/mol. The third-order valence-electron chi connectivity index (χ3n) is 7.48. The van der Waals surface area contributed by atoms with Gasteiger partial charge in [0.25, 0.3) is 0 Å². The Morgan fingerprint density at radius 2 is 1.94 bits per heavy atom. The van der Waals surface area contributed by atoms with Crippen LogP contribution in [0.4, 0.5) is 17.3 Å². The monoisotopic (exact) mass is 481 g/mol. The highest BCUT2D eigenvalue weighted by atomic mass is 16.2. The Kier molecular flexibility index (Phi) is 5.59. The number of pyridine rings is 2. The maximum Gasteiger partial charge on any atom is 0.229 e. The number of fused-ring (bicyclic) bond motifs is 1. The number of piperidine rings is 1. The van der Waals surface area contributed by atoms with Crippen LogP contribution in [-0.4, -0.2) is 38.7 Å². The van der Waals surface area contributed by atoms with Crippen LogP contribution >= 0.6 is 0 Å². The fourth-order valence-electron chi connectivity index (χ4n) is 5.45. The minimum Gasteiger partial charge on any atom is -0.398 e. The van der Waals surface area contributed by atoms with E-state index in [0.717, 1.165) is 52.8 Å². The van der Waals surface area contributed by atoms with Crippen LogP contribution in [0.1, 0.15) is 42.7 Å². The first-order valence-corrected chi connectivity index (χ1v) is 12.7. The molecule has 1 aliphatic carbocycles. The van der Waals surface area contributed by atoms with Gasteiger partial charge in [-0.3, -0.25) is 9.48 Å². The van der Waals surface area contributed by atoms with Crippen molar-refractivity contribution in [3.05, 3.63) is 60.2 Å². The molecule has 184 valence electrons. The molecule has 2 fully saturated rings. The Bertz CT molecular complexity index is 1450. The molecular weight excluding hydrogens is 450 g/mol. The van der Waals surface area contributed by atoms with E-state index in [0.29, 0.717) is 11.5 Å². The highest BCUT2D eigenvalue weighted by Gasteiger charge is 2.44. The second kappa shape index (κ2) is 8.93. The van der Waals surface area contributed by atoms with Gasteiger partial charge in [-0.1, -0.05) is 0 Å². The number of nitrogen functional groups attached to an aromatic ring is 1. The summed E-state index contributed by atoms with van der Waals surface area (Å²) in [5.41, 5.74) is 11.6. The normalized spacial score (nSPS) is 19.4. The Labute approximate surface area is 210 Å². The van der Waals surface area contributed by atoms with Crippen LogP contribution in [-0.2, 0) is 11.8 Å². The van der Waals surface area contributed by atoms with E-state index < -0.39 is 0 Å². The molecule has 8 nitrogen and oxygen atoms in total. The van der Waals surface area contributed by atoms with Crippen molar-refractivity contribution >= 4 is 34.0 Å². The number of nitrogens with two attached hydrogens (primary N) is 1. The summed E-state index contributed by atoms with van der Waals surface area (Å²) in [7, 11) is 1.89. The number of nitrogens with one attached hydrogen (secondary N) is 1. The Balaban J connectivity index is 1.30. The molecule has 3 N–H and O–H groups in total. The Hall–Kier alpha value is -3.94.